The summed E-state index contributed by atoms with van der Waals surface area (Å²) in [6.45, 7) is 5.68. The van der Waals surface area contributed by atoms with Gasteiger partial charge in [-0.2, -0.15) is 0 Å². The summed E-state index contributed by atoms with van der Waals surface area (Å²) in [5.41, 5.74) is 5.68. The number of benzene rings is 2. The largest absolute Gasteiger partial charge is 0.465 e. The number of rotatable bonds is 4. The van der Waals surface area contributed by atoms with Crippen molar-refractivity contribution in [2.75, 3.05) is 7.11 Å². The summed E-state index contributed by atoms with van der Waals surface area (Å²) in [5.74, 6) is -0.393. The molecular formula is C26H23N3O2S2. The van der Waals surface area contributed by atoms with Gasteiger partial charge >= 0.3 is 5.97 Å². The fourth-order valence-electron chi connectivity index (χ4n) is 4.04. The van der Waals surface area contributed by atoms with E-state index in [4.69, 9.17) is 14.7 Å². The number of thioether (sulfide) groups is 1. The molecule has 0 amide bonds. The second-order valence-corrected chi connectivity index (χ2v) is 10.0. The van der Waals surface area contributed by atoms with E-state index in [-0.39, 0.29) is 0 Å². The molecule has 0 fully saturated rings. The SMILES string of the molecule is COC(=O)c1ccccc1N=C1Sc2nc3cc(C)cc(C)c3cc2CN1Cc1cccs1. The Balaban J connectivity index is 1.61. The van der Waals surface area contributed by atoms with Crippen molar-refractivity contribution in [2.45, 2.75) is 32.0 Å². The van der Waals surface area contributed by atoms with E-state index in [1.54, 1.807) is 29.2 Å². The van der Waals surface area contributed by atoms with E-state index in [0.717, 1.165) is 22.3 Å². The van der Waals surface area contributed by atoms with Crippen LogP contribution in [-0.4, -0.2) is 28.1 Å². The first kappa shape index (κ1) is 21.7. The van der Waals surface area contributed by atoms with Gasteiger partial charge < -0.3 is 9.64 Å². The Labute approximate surface area is 201 Å². The van der Waals surface area contributed by atoms with Crippen LogP contribution in [0.1, 0.15) is 31.9 Å². The molecule has 2 aromatic carbocycles. The number of fused-ring (bicyclic) bond motifs is 2. The Morgan fingerprint density at radius 3 is 2.79 bits per heavy atom. The predicted octanol–water partition coefficient (Wildman–Crippen LogP) is 6.50. The third-order valence-corrected chi connectivity index (χ3v) is 7.54. The van der Waals surface area contributed by atoms with Crippen molar-refractivity contribution in [3.63, 3.8) is 0 Å². The third kappa shape index (κ3) is 4.38. The summed E-state index contributed by atoms with van der Waals surface area (Å²) in [6, 6.07) is 18.1. The molecule has 0 spiro atoms. The number of carbonyl (C=O) groups excluding carboxylic acids is 1. The zero-order valence-electron chi connectivity index (χ0n) is 18.7. The molecule has 1 aliphatic rings. The molecule has 0 unspecified atom stereocenters. The summed E-state index contributed by atoms with van der Waals surface area (Å²) >= 11 is 3.28. The molecule has 33 heavy (non-hydrogen) atoms. The van der Waals surface area contributed by atoms with Gasteiger partial charge in [0.1, 0.15) is 5.03 Å². The second-order valence-electron chi connectivity index (χ2n) is 8.04. The van der Waals surface area contributed by atoms with Gasteiger partial charge in [-0.25, -0.2) is 14.8 Å². The molecule has 0 aliphatic carbocycles. The van der Waals surface area contributed by atoms with Gasteiger partial charge in [-0.05, 0) is 72.4 Å². The Kier molecular flexibility index (Phi) is 5.91. The smallest absolute Gasteiger partial charge is 0.340 e. The summed E-state index contributed by atoms with van der Waals surface area (Å²) < 4.78 is 4.97. The fraction of sp³-hybridized carbons (Fsp3) is 0.192. The Morgan fingerprint density at radius 2 is 2.00 bits per heavy atom. The lowest BCUT2D eigenvalue weighted by molar-refractivity contribution is 0.0601. The van der Waals surface area contributed by atoms with Crippen LogP contribution in [0.2, 0.25) is 0 Å². The first-order valence-electron chi connectivity index (χ1n) is 10.6. The average molecular weight is 474 g/mol. The van der Waals surface area contributed by atoms with Crippen molar-refractivity contribution in [2.24, 2.45) is 4.99 Å². The molecule has 0 bridgehead atoms. The topological polar surface area (TPSA) is 54.8 Å². The van der Waals surface area contributed by atoms with Crippen molar-refractivity contribution in [1.82, 2.24) is 9.88 Å². The minimum absolute atomic E-state index is 0.393. The standard InChI is InChI=1S/C26H23N3O2S2/c1-16-11-17(2)21-13-18-14-29(15-19-7-6-10-32-19)26(33-24(18)27-23(21)12-16)28-22-9-5-4-8-20(22)25(30)31-3/h4-13H,14-15H2,1-3H3. The lowest BCUT2D eigenvalue weighted by Crippen LogP contribution is -2.31. The van der Waals surface area contributed by atoms with Gasteiger partial charge in [-0.1, -0.05) is 24.3 Å². The molecular weight excluding hydrogens is 450 g/mol. The van der Waals surface area contributed by atoms with E-state index >= 15 is 0 Å². The van der Waals surface area contributed by atoms with Gasteiger partial charge in [-0.15, -0.1) is 11.3 Å². The van der Waals surface area contributed by atoms with Gasteiger partial charge in [0.25, 0.3) is 0 Å². The molecule has 4 aromatic rings. The molecule has 0 N–H and O–H groups in total. The lowest BCUT2D eigenvalue weighted by Gasteiger charge is -2.30. The number of amidine groups is 1. The summed E-state index contributed by atoms with van der Waals surface area (Å²) in [7, 11) is 1.39. The quantitative estimate of drug-likeness (QED) is 0.317. The zero-order chi connectivity index (χ0) is 22.9. The maximum Gasteiger partial charge on any atom is 0.340 e. The number of para-hydroxylation sites is 1. The number of aryl methyl sites for hydroxylation is 2. The molecule has 166 valence electrons. The summed E-state index contributed by atoms with van der Waals surface area (Å²) in [6.07, 6.45) is 0. The Hall–Kier alpha value is -3.16. The molecule has 1 aliphatic heterocycles. The first-order chi connectivity index (χ1) is 16.0. The highest BCUT2D eigenvalue weighted by Gasteiger charge is 2.26. The van der Waals surface area contributed by atoms with E-state index in [9.17, 15) is 4.79 Å². The minimum Gasteiger partial charge on any atom is -0.465 e. The van der Waals surface area contributed by atoms with Crippen LogP contribution in [-0.2, 0) is 17.8 Å². The Bertz CT molecular complexity index is 1380. The van der Waals surface area contributed by atoms with Crippen LogP contribution < -0.4 is 0 Å². The third-order valence-electron chi connectivity index (χ3n) is 5.60. The van der Waals surface area contributed by atoms with Gasteiger partial charge in [0.2, 0.25) is 0 Å². The van der Waals surface area contributed by atoms with Crippen LogP contribution in [0.25, 0.3) is 10.9 Å². The van der Waals surface area contributed by atoms with Crippen LogP contribution in [0, 0.1) is 13.8 Å². The van der Waals surface area contributed by atoms with Crippen molar-refractivity contribution >= 4 is 50.8 Å². The number of methoxy groups -OCH3 is 1. The number of carbonyl (C=O) groups is 1. The highest BCUT2D eigenvalue weighted by Crippen LogP contribution is 2.37. The average Bonchev–Trinajstić information content (AvgIpc) is 3.31. The molecule has 0 saturated carbocycles. The Morgan fingerprint density at radius 1 is 1.15 bits per heavy atom. The van der Waals surface area contributed by atoms with Crippen LogP contribution in [0.15, 0.2) is 70.0 Å². The molecule has 5 rings (SSSR count). The number of hydrogen-bond acceptors (Lipinski definition) is 6. The number of aliphatic imine (C=N–C) groups is 1. The van der Waals surface area contributed by atoms with Crippen molar-refractivity contribution < 1.29 is 9.53 Å². The van der Waals surface area contributed by atoms with E-state index in [1.165, 1.54) is 34.1 Å². The van der Waals surface area contributed by atoms with Crippen molar-refractivity contribution in [1.29, 1.82) is 0 Å². The molecule has 7 heteroatoms. The number of thiophene rings is 1. The van der Waals surface area contributed by atoms with E-state index in [2.05, 4.69) is 54.5 Å². The van der Waals surface area contributed by atoms with E-state index in [1.807, 2.05) is 18.2 Å². The number of ether oxygens (including phenoxy) is 1. The predicted molar refractivity (Wildman–Crippen MR) is 136 cm³/mol. The second kappa shape index (κ2) is 9.00. The molecule has 0 saturated heterocycles. The zero-order valence-corrected chi connectivity index (χ0v) is 20.3. The van der Waals surface area contributed by atoms with Crippen LogP contribution in [0.4, 0.5) is 5.69 Å². The maximum absolute atomic E-state index is 12.3. The van der Waals surface area contributed by atoms with Gasteiger partial charge in [0.15, 0.2) is 5.17 Å². The minimum atomic E-state index is -0.393. The molecule has 0 atom stereocenters. The molecule has 0 radical (unpaired) electrons. The number of aromatic nitrogens is 1. The number of nitrogens with zero attached hydrogens (tertiary/aromatic N) is 3. The number of esters is 1. The number of hydrogen-bond donors (Lipinski definition) is 0. The maximum atomic E-state index is 12.3. The highest BCUT2D eigenvalue weighted by molar-refractivity contribution is 8.13. The van der Waals surface area contributed by atoms with Gasteiger partial charge in [0, 0.05) is 22.4 Å². The van der Waals surface area contributed by atoms with Gasteiger partial charge in [-0.3, -0.25) is 0 Å². The van der Waals surface area contributed by atoms with Crippen molar-refractivity contribution in [3.8, 4) is 0 Å². The van der Waals surface area contributed by atoms with Gasteiger partial charge in [0.05, 0.1) is 30.4 Å². The monoisotopic (exact) mass is 473 g/mol. The van der Waals surface area contributed by atoms with Crippen LogP contribution in [0.5, 0.6) is 0 Å². The first-order valence-corrected chi connectivity index (χ1v) is 12.3. The summed E-state index contributed by atoms with van der Waals surface area (Å²) in [5, 5.41) is 5.06. The van der Waals surface area contributed by atoms with Crippen molar-refractivity contribution in [3.05, 3.63) is 87.1 Å². The summed E-state index contributed by atoms with van der Waals surface area (Å²) in [4.78, 5) is 25.7. The molecule has 5 nitrogen and oxygen atoms in total. The fourth-order valence-corrected chi connectivity index (χ4v) is 5.74. The molecule has 3 heterocycles. The highest BCUT2D eigenvalue weighted by atomic mass is 32.2. The van der Waals surface area contributed by atoms with Crippen LogP contribution >= 0.6 is 23.1 Å². The number of pyridine rings is 1. The lowest BCUT2D eigenvalue weighted by atomic mass is 10.0. The van der Waals surface area contributed by atoms with E-state index < -0.39 is 5.97 Å². The van der Waals surface area contributed by atoms with Crippen LogP contribution in [0.3, 0.4) is 0 Å². The molecule has 2 aromatic heterocycles. The van der Waals surface area contributed by atoms with E-state index in [0.29, 0.717) is 17.8 Å². The normalized spacial score (nSPS) is 14.5.